The van der Waals surface area contributed by atoms with Crippen molar-refractivity contribution in [3.63, 3.8) is 0 Å². The number of amides is 1. The lowest BCUT2D eigenvalue weighted by atomic mass is 10.2. The molecule has 22 heavy (non-hydrogen) atoms. The van der Waals surface area contributed by atoms with Gasteiger partial charge in [0.2, 0.25) is 11.8 Å². The highest BCUT2D eigenvalue weighted by Gasteiger charge is 2.34. The number of morpholine rings is 1. The summed E-state index contributed by atoms with van der Waals surface area (Å²) >= 11 is 0. The molecule has 0 aromatic carbocycles. The summed E-state index contributed by atoms with van der Waals surface area (Å²) in [6, 6.07) is 3.62. The maximum absolute atomic E-state index is 12.9. The number of hydrogen-bond acceptors (Lipinski definition) is 5. The van der Waals surface area contributed by atoms with E-state index in [1.54, 1.807) is 11.8 Å². The van der Waals surface area contributed by atoms with Crippen LogP contribution in [-0.2, 0) is 4.74 Å². The lowest BCUT2D eigenvalue weighted by Gasteiger charge is -2.33. The Bertz CT molecular complexity index is 661. The van der Waals surface area contributed by atoms with E-state index in [2.05, 4.69) is 24.0 Å². The van der Waals surface area contributed by atoms with Crippen LogP contribution in [0.5, 0.6) is 0 Å². The molecular weight excluding hydrogens is 284 g/mol. The van der Waals surface area contributed by atoms with Crippen LogP contribution in [0.2, 0.25) is 0 Å². The molecule has 0 unspecified atom stereocenters. The standard InChI is InChI=1S/C15H20N4O3/c1-10(2)18-6-4-5-12(18)15(20)19-7-8-21-9-13(19)14-17-16-11(3)22-14/h4-6,10,13H,7-9H2,1-3H3/t13-/m0/s1. The third-order valence-electron chi connectivity index (χ3n) is 3.77. The second-order valence-electron chi connectivity index (χ2n) is 5.64. The monoisotopic (exact) mass is 304 g/mol. The Morgan fingerprint density at radius 2 is 2.23 bits per heavy atom. The lowest BCUT2D eigenvalue weighted by molar-refractivity contribution is -0.0112. The number of nitrogens with zero attached hydrogens (tertiary/aromatic N) is 4. The SMILES string of the molecule is Cc1nnc([C@@H]2COCCN2C(=O)c2cccn2C(C)C)o1. The summed E-state index contributed by atoms with van der Waals surface area (Å²) in [5.41, 5.74) is 0.665. The largest absolute Gasteiger partial charge is 0.423 e. The fourth-order valence-electron chi connectivity index (χ4n) is 2.67. The zero-order chi connectivity index (χ0) is 15.7. The summed E-state index contributed by atoms with van der Waals surface area (Å²) in [6.07, 6.45) is 1.92. The number of aromatic nitrogens is 3. The van der Waals surface area contributed by atoms with Gasteiger partial charge in [0.15, 0.2) is 0 Å². The summed E-state index contributed by atoms with van der Waals surface area (Å²) in [7, 11) is 0. The number of rotatable bonds is 3. The Morgan fingerprint density at radius 3 is 2.91 bits per heavy atom. The van der Waals surface area contributed by atoms with Gasteiger partial charge in [-0.3, -0.25) is 4.79 Å². The van der Waals surface area contributed by atoms with Crippen molar-refractivity contribution in [3.8, 4) is 0 Å². The molecule has 1 saturated heterocycles. The Labute approximate surface area is 128 Å². The minimum absolute atomic E-state index is 0.0390. The Hall–Kier alpha value is -2.15. The molecule has 0 aliphatic carbocycles. The molecule has 1 aliphatic heterocycles. The van der Waals surface area contributed by atoms with Gasteiger partial charge in [0.25, 0.3) is 5.91 Å². The highest BCUT2D eigenvalue weighted by Crippen LogP contribution is 2.26. The second-order valence-corrected chi connectivity index (χ2v) is 5.64. The van der Waals surface area contributed by atoms with Crippen molar-refractivity contribution in [1.29, 1.82) is 0 Å². The quantitative estimate of drug-likeness (QED) is 0.867. The summed E-state index contributed by atoms with van der Waals surface area (Å²) < 4.78 is 13.0. The molecule has 7 heteroatoms. The first-order valence-electron chi connectivity index (χ1n) is 7.43. The molecule has 1 aliphatic rings. The van der Waals surface area contributed by atoms with Crippen LogP contribution in [0.15, 0.2) is 22.7 Å². The minimum Gasteiger partial charge on any atom is -0.423 e. The van der Waals surface area contributed by atoms with Crippen LogP contribution < -0.4 is 0 Å². The van der Waals surface area contributed by atoms with Crippen molar-refractivity contribution in [3.05, 3.63) is 35.8 Å². The number of aryl methyl sites for hydroxylation is 1. The fraction of sp³-hybridized carbons (Fsp3) is 0.533. The van der Waals surface area contributed by atoms with Gasteiger partial charge in [-0.1, -0.05) is 0 Å². The van der Waals surface area contributed by atoms with Crippen molar-refractivity contribution in [2.24, 2.45) is 0 Å². The first-order chi connectivity index (χ1) is 10.6. The molecule has 2 aromatic heterocycles. The fourth-order valence-corrected chi connectivity index (χ4v) is 2.67. The van der Waals surface area contributed by atoms with Crippen LogP contribution in [-0.4, -0.2) is 45.3 Å². The minimum atomic E-state index is -0.335. The molecule has 0 N–H and O–H groups in total. The van der Waals surface area contributed by atoms with Crippen LogP contribution in [0.25, 0.3) is 0 Å². The highest BCUT2D eigenvalue weighted by molar-refractivity contribution is 5.93. The van der Waals surface area contributed by atoms with E-state index in [9.17, 15) is 4.79 Å². The normalized spacial score (nSPS) is 18.9. The summed E-state index contributed by atoms with van der Waals surface area (Å²) in [5.74, 6) is 0.870. The molecule has 3 rings (SSSR count). The van der Waals surface area contributed by atoms with Crippen LogP contribution in [0.1, 0.15) is 48.2 Å². The molecule has 1 fully saturated rings. The molecule has 2 aromatic rings. The van der Waals surface area contributed by atoms with Gasteiger partial charge in [0.05, 0.1) is 13.2 Å². The molecule has 118 valence electrons. The van der Waals surface area contributed by atoms with Gasteiger partial charge < -0.3 is 18.6 Å². The van der Waals surface area contributed by atoms with E-state index in [0.29, 0.717) is 37.2 Å². The Morgan fingerprint density at radius 1 is 1.41 bits per heavy atom. The van der Waals surface area contributed by atoms with E-state index >= 15 is 0 Å². The summed E-state index contributed by atoms with van der Waals surface area (Å²) in [6.45, 7) is 7.22. The topological polar surface area (TPSA) is 73.4 Å². The van der Waals surface area contributed by atoms with Crippen LogP contribution in [0.3, 0.4) is 0 Å². The van der Waals surface area contributed by atoms with Gasteiger partial charge in [-0.15, -0.1) is 10.2 Å². The van der Waals surface area contributed by atoms with E-state index in [4.69, 9.17) is 9.15 Å². The van der Waals surface area contributed by atoms with Crippen molar-refractivity contribution in [1.82, 2.24) is 19.7 Å². The van der Waals surface area contributed by atoms with Gasteiger partial charge >= 0.3 is 0 Å². The smallest absolute Gasteiger partial charge is 0.271 e. The van der Waals surface area contributed by atoms with E-state index in [1.807, 2.05) is 22.9 Å². The lowest BCUT2D eigenvalue weighted by Crippen LogP contribution is -2.44. The Balaban J connectivity index is 1.90. The predicted octanol–water partition coefficient (Wildman–Crippen LogP) is 1.97. The summed E-state index contributed by atoms with van der Waals surface area (Å²) in [4.78, 5) is 14.7. The maximum atomic E-state index is 12.9. The molecule has 0 saturated carbocycles. The molecule has 7 nitrogen and oxygen atoms in total. The average molecular weight is 304 g/mol. The summed E-state index contributed by atoms with van der Waals surface area (Å²) in [5, 5.41) is 7.89. The number of ether oxygens (including phenoxy) is 1. The van der Waals surface area contributed by atoms with Crippen molar-refractivity contribution in [2.45, 2.75) is 32.9 Å². The third-order valence-corrected chi connectivity index (χ3v) is 3.77. The molecule has 0 spiro atoms. The van der Waals surface area contributed by atoms with Crippen molar-refractivity contribution < 1.29 is 13.9 Å². The van der Waals surface area contributed by atoms with Crippen molar-refractivity contribution >= 4 is 5.91 Å². The Kier molecular flexibility index (Phi) is 3.98. The number of carbonyl (C=O) groups is 1. The first-order valence-corrected chi connectivity index (χ1v) is 7.43. The third kappa shape index (κ3) is 2.64. The number of hydrogen-bond donors (Lipinski definition) is 0. The van der Waals surface area contributed by atoms with E-state index < -0.39 is 0 Å². The van der Waals surface area contributed by atoms with Crippen LogP contribution in [0.4, 0.5) is 0 Å². The van der Waals surface area contributed by atoms with E-state index in [1.165, 1.54) is 0 Å². The molecule has 1 amide bonds. The van der Waals surface area contributed by atoms with Gasteiger partial charge in [0.1, 0.15) is 11.7 Å². The average Bonchev–Trinajstić information content (AvgIpc) is 3.15. The van der Waals surface area contributed by atoms with Crippen LogP contribution >= 0.6 is 0 Å². The highest BCUT2D eigenvalue weighted by atomic mass is 16.5. The zero-order valence-electron chi connectivity index (χ0n) is 13.0. The molecule has 0 radical (unpaired) electrons. The van der Waals surface area contributed by atoms with Crippen molar-refractivity contribution in [2.75, 3.05) is 19.8 Å². The second kappa shape index (κ2) is 5.92. The van der Waals surface area contributed by atoms with E-state index in [-0.39, 0.29) is 18.0 Å². The maximum Gasteiger partial charge on any atom is 0.271 e. The molecule has 0 bridgehead atoms. The van der Waals surface area contributed by atoms with Gasteiger partial charge in [0, 0.05) is 25.7 Å². The molecule has 1 atom stereocenters. The first kappa shape index (κ1) is 14.8. The van der Waals surface area contributed by atoms with Gasteiger partial charge in [-0.2, -0.15) is 0 Å². The molecular formula is C15H20N4O3. The zero-order valence-corrected chi connectivity index (χ0v) is 13.0. The van der Waals surface area contributed by atoms with Gasteiger partial charge in [-0.05, 0) is 26.0 Å². The molecule has 3 heterocycles. The number of carbonyl (C=O) groups excluding carboxylic acids is 1. The van der Waals surface area contributed by atoms with Gasteiger partial charge in [-0.25, -0.2) is 0 Å². The van der Waals surface area contributed by atoms with Crippen LogP contribution in [0, 0.1) is 6.92 Å². The van der Waals surface area contributed by atoms with E-state index in [0.717, 1.165) is 0 Å². The predicted molar refractivity (Wildman–Crippen MR) is 78.4 cm³/mol.